The topological polar surface area (TPSA) is 59.5 Å². The van der Waals surface area contributed by atoms with Gasteiger partial charge in [-0.05, 0) is 55.3 Å². The number of aryl methyl sites for hydroxylation is 2. The minimum Gasteiger partial charge on any atom is -0.497 e. The van der Waals surface area contributed by atoms with E-state index >= 15 is 0 Å². The summed E-state index contributed by atoms with van der Waals surface area (Å²) in [6.07, 6.45) is 0. The van der Waals surface area contributed by atoms with Gasteiger partial charge in [0.25, 0.3) is 10.0 Å². The smallest absolute Gasteiger partial charge is 0.264 e. The Morgan fingerprint density at radius 1 is 1.12 bits per heavy atom. The van der Waals surface area contributed by atoms with Gasteiger partial charge in [0.2, 0.25) is 0 Å². The average Bonchev–Trinajstić information content (AvgIpc) is 3.15. The van der Waals surface area contributed by atoms with Gasteiger partial charge in [0.05, 0.1) is 35.4 Å². The molecule has 0 atom stereocenters. The second kappa shape index (κ2) is 7.47. The molecular weight excluding hydrogens is 368 g/mol. The lowest BCUT2D eigenvalue weighted by molar-refractivity contribution is 0.415. The summed E-state index contributed by atoms with van der Waals surface area (Å²) in [6.45, 7) is 3.86. The van der Waals surface area contributed by atoms with Crippen LogP contribution >= 0.6 is 11.3 Å². The third-order valence-electron chi connectivity index (χ3n) is 4.06. The lowest BCUT2D eigenvalue weighted by Crippen LogP contribution is -2.31. The van der Waals surface area contributed by atoms with Crippen molar-refractivity contribution < 1.29 is 13.2 Å². The normalized spacial score (nSPS) is 11.3. The summed E-state index contributed by atoms with van der Waals surface area (Å²) in [4.78, 5) is 4.56. The summed E-state index contributed by atoms with van der Waals surface area (Å²) >= 11 is 1.44. The molecule has 1 heterocycles. The predicted molar refractivity (Wildman–Crippen MR) is 104 cm³/mol. The van der Waals surface area contributed by atoms with Gasteiger partial charge in [-0.1, -0.05) is 12.1 Å². The SMILES string of the molecule is COc1ccc(N(Cc2cscn2)S(=O)(=O)c2cc(C)ccc2C)cc1. The zero-order valence-electron chi connectivity index (χ0n) is 14.8. The Balaban J connectivity index is 2.10. The van der Waals surface area contributed by atoms with E-state index in [0.29, 0.717) is 27.6 Å². The number of hydrogen-bond acceptors (Lipinski definition) is 5. The number of nitrogens with zero attached hydrogens (tertiary/aromatic N) is 2. The first-order chi connectivity index (χ1) is 12.4. The predicted octanol–water partition coefficient (Wildman–Crippen LogP) is 4.16. The Hall–Kier alpha value is -2.38. The minimum atomic E-state index is -3.75. The molecule has 0 N–H and O–H groups in total. The van der Waals surface area contributed by atoms with Crippen molar-refractivity contribution in [3.63, 3.8) is 0 Å². The number of ether oxygens (including phenoxy) is 1. The lowest BCUT2D eigenvalue weighted by atomic mass is 10.2. The monoisotopic (exact) mass is 388 g/mol. The summed E-state index contributed by atoms with van der Waals surface area (Å²) in [5, 5.41) is 1.86. The first kappa shape index (κ1) is 18.4. The average molecular weight is 389 g/mol. The molecular formula is C19H20N2O3S2. The summed E-state index contributed by atoms with van der Waals surface area (Å²) < 4.78 is 33.5. The Morgan fingerprint density at radius 2 is 1.85 bits per heavy atom. The molecule has 0 aliphatic carbocycles. The van der Waals surface area contributed by atoms with Gasteiger partial charge < -0.3 is 4.74 Å². The molecule has 0 radical (unpaired) electrons. The summed E-state index contributed by atoms with van der Waals surface area (Å²) in [5.74, 6) is 0.673. The molecule has 0 spiro atoms. The highest BCUT2D eigenvalue weighted by Crippen LogP contribution is 2.29. The fraction of sp³-hybridized carbons (Fsp3) is 0.211. The number of sulfonamides is 1. The molecule has 0 amide bonds. The molecule has 26 heavy (non-hydrogen) atoms. The third kappa shape index (κ3) is 3.73. The van der Waals surface area contributed by atoms with Crippen LogP contribution in [0.3, 0.4) is 0 Å². The molecule has 0 saturated carbocycles. The van der Waals surface area contributed by atoms with Gasteiger partial charge in [0.15, 0.2) is 0 Å². The van der Waals surface area contributed by atoms with Crippen LogP contribution in [0.4, 0.5) is 5.69 Å². The van der Waals surface area contributed by atoms with E-state index < -0.39 is 10.0 Å². The van der Waals surface area contributed by atoms with Gasteiger partial charge in [-0.25, -0.2) is 13.4 Å². The number of methoxy groups -OCH3 is 1. The van der Waals surface area contributed by atoms with E-state index in [2.05, 4.69) is 4.98 Å². The van der Waals surface area contributed by atoms with Gasteiger partial charge in [-0.3, -0.25) is 4.31 Å². The lowest BCUT2D eigenvalue weighted by Gasteiger charge is -2.25. The maximum atomic E-state index is 13.5. The van der Waals surface area contributed by atoms with Gasteiger partial charge >= 0.3 is 0 Å². The van der Waals surface area contributed by atoms with Crippen LogP contribution in [0.1, 0.15) is 16.8 Å². The van der Waals surface area contributed by atoms with Crippen LogP contribution in [0, 0.1) is 13.8 Å². The van der Waals surface area contributed by atoms with Crippen molar-refractivity contribution in [2.24, 2.45) is 0 Å². The largest absolute Gasteiger partial charge is 0.497 e. The van der Waals surface area contributed by atoms with Gasteiger partial charge in [0.1, 0.15) is 5.75 Å². The van der Waals surface area contributed by atoms with Crippen molar-refractivity contribution in [1.82, 2.24) is 4.98 Å². The molecule has 5 nitrogen and oxygen atoms in total. The van der Waals surface area contributed by atoms with Crippen LogP contribution < -0.4 is 9.04 Å². The third-order valence-corrected chi connectivity index (χ3v) is 6.61. The van der Waals surface area contributed by atoms with Gasteiger partial charge in [0, 0.05) is 5.38 Å². The van der Waals surface area contributed by atoms with Crippen LogP contribution in [0.15, 0.2) is 58.3 Å². The van der Waals surface area contributed by atoms with E-state index in [1.165, 1.54) is 15.6 Å². The number of thiazole rings is 1. The number of benzene rings is 2. The number of rotatable bonds is 6. The van der Waals surface area contributed by atoms with Crippen molar-refractivity contribution in [2.45, 2.75) is 25.3 Å². The van der Waals surface area contributed by atoms with Gasteiger partial charge in [-0.15, -0.1) is 11.3 Å². The molecule has 3 aromatic rings. The molecule has 1 aromatic heterocycles. The van der Waals surface area contributed by atoms with Crippen LogP contribution in [0.25, 0.3) is 0 Å². The van der Waals surface area contributed by atoms with E-state index in [0.717, 1.165) is 5.56 Å². The summed E-state index contributed by atoms with van der Waals surface area (Å²) in [6, 6.07) is 12.4. The van der Waals surface area contributed by atoms with E-state index in [4.69, 9.17) is 4.74 Å². The molecule has 0 aliphatic rings. The van der Waals surface area contributed by atoms with E-state index in [1.54, 1.807) is 49.9 Å². The second-order valence-corrected chi connectivity index (χ2v) is 8.51. The molecule has 3 rings (SSSR count). The molecule has 0 aliphatic heterocycles. The van der Waals surface area contributed by atoms with E-state index in [-0.39, 0.29) is 6.54 Å². The minimum absolute atomic E-state index is 0.172. The van der Waals surface area contributed by atoms with E-state index in [9.17, 15) is 8.42 Å². The fourth-order valence-corrected chi connectivity index (χ4v) is 4.93. The quantitative estimate of drug-likeness (QED) is 0.636. The number of hydrogen-bond donors (Lipinski definition) is 0. The van der Waals surface area contributed by atoms with Crippen molar-refractivity contribution >= 4 is 27.0 Å². The van der Waals surface area contributed by atoms with Crippen molar-refractivity contribution in [1.29, 1.82) is 0 Å². The Kier molecular flexibility index (Phi) is 5.29. The van der Waals surface area contributed by atoms with E-state index in [1.807, 2.05) is 24.4 Å². The Morgan fingerprint density at radius 3 is 2.46 bits per heavy atom. The Bertz CT molecular complexity index is 982. The molecule has 7 heteroatoms. The molecule has 0 unspecified atom stereocenters. The van der Waals surface area contributed by atoms with Crippen LogP contribution in [0.2, 0.25) is 0 Å². The maximum Gasteiger partial charge on any atom is 0.264 e. The van der Waals surface area contributed by atoms with Crippen LogP contribution in [0.5, 0.6) is 5.75 Å². The highest BCUT2D eigenvalue weighted by molar-refractivity contribution is 7.92. The van der Waals surface area contributed by atoms with Crippen molar-refractivity contribution in [3.8, 4) is 5.75 Å². The highest BCUT2D eigenvalue weighted by Gasteiger charge is 2.27. The zero-order chi connectivity index (χ0) is 18.7. The second-order valence-electron chi connectivity index (χ2n) is 5.96. The fourth-order valence-electron chi connectivity index (χ4n) is 2.63. The molecule has 2 aromatic carbocycles. The van der Waals surface area contributed by atoms with Crippen LogP contribution in [-0.2, 0) is 16.6 Å². The first-order valence-corrected chi connectivity index (χ1v) is 10.4. The van der Waals surface area contributed by atoms with Crippen LogP contribution in [-0.4, -0.2) is 20.5 Å². The highest BCUT2D eigenvalue weighted by atomic mass is 32.2. The zero-order valence-corrected chi connectivity index (χ0v) is 16.5. The number of anilines is 1. The first-order valence-electron chi connectivity index (χ1n) is 8.03. The summed E-state index contributed by atoms with van der Waals surface area (Å²) in [5.41, 5.74) is 4.59. The number of aromatic nitrogens is 1. The Labute approximate surface area is 157 Å². The van der Waals surface area contributed by atoms with Crippen molar-refractivity contribution in [3.05, 3.63) is 70.2 Å². The standard InChI is InChI=1S/C19H20N2O3S2/c1-14-4-5-15(2)19(10-14)26(22,23)21(11-16-12-25-13-20-16)17-6-8-18(24-3)9-7-17/h4-10,12-13H,11H2,1-3H3. The summed E-state index contributed by atoms with van der Waals surface area (Å²) in [7, 11) is -2.17. The maximum absolute atomic E-state index is 13.5. The van der Waals surface area contributed by atoms with Gasteiger partial charge in [-0.2, -0.15) is 0 Å². The van der Waals surface area contributed by atoms with Crippen molar-refractivity contribution in [2.75, 3.05) is 11.4 Å². The molecule has 136 valence electrons. The molecule has 0 fully saturated rings. The molecule has 0 saturated heterocycles. The molecule has 0 bridgehead atoms.